The van der Waals surface area contributed by atoms with Gasteiger partial charge in [0.25, 0.3) is 0 Å². The number of nitrogens with one attached hydrogen (secondary N) is 3. The second-order valence-corrected chi connectivity index (χ2v) is 8.83. The van der Waals surface area contributed by atoms with Gasteiger partial charge in [0.05, 0.1) is 0 Å². The van der Waals surface area contributed by atoms with Crippen LogP contribution in [0.25, 0.3) is 0 Å². The lowest BCUT2D eigenvalue weighted by Crippen LogP contribution is -2.40. The molecule has 30 heavy (non-hydrogen) atoms. The molecule has 2 aromatic carbocycles. The number of benzene rings is 2. The zero-order valence-corrected chi connectivity index (χ0v) is 18.2. The molecule has 6 nitrogen and oxygen atoms in total. The van der Waals surface area contributed by atoms with Gasteiger partial charge >= 0.3 is 0 Å². The Kier molecular flexibility index (Phi) is 6.79. The van der Waals surface area contributed by atoms with Crippen LogP contribution >= 0.6 is 11.8 Å². The van der Waals surface area contributed by atoms with E-state index in [2.05, 4.69) is 56.2 Å². The van der Waals surface area contributed by atoms with E-state index in [-0.39, 0.29) is 11.8 Å². The van der Waals surface area contributed by atoms with Gasteiger partial charge in [0.15, 0.2) is 5.96 Å². The van der Waals surface area contributed by atoms with Crippen molar-refractivity contribution in [2.45, 2.75) is 18.9 Å². The van der Waals surface area contributed by atoms with Crippen molar-refractivity contribution in [3.05, 3.63) is 59.7 Å². The minimum Gasteiger partial charge on any atom is -0.370 e. The second kappa shape index (κ2) is 9.89. The zero-order valence-electron chi connectivity index (χ0n) is 17.4. The van der Waals surface area contributed by atoms with E-state index in [4.69, 9.17) is 0 Å². The highest BCUT2D eigenvalue weighted by Crippen LogP contribution is 2.31. The number of anilines is 2. The van der Waals surface area contributed by atoms with Crippen molar-refractivity contribution >= 4 is 35.0 Å². The topological polar surface area (TPSA) is 68.8 Å². The highest BCUT2D eigenvalue weighted by atomic mass is 32.2. The van der Waals surface area contributed by atoms with E-state index in [9.17, 15) is 4.79 Å². The number of carbonyl (C=O) groups excluding carboxylic acids is 1. The van der Waals surface area contributed by atoms with E-state index in [1.165, 1.54) is 28.3 Å². The van der Waals surface area contributed by atoms with Gasteiger partial charge in [0.2, 0.25) is 5.91 Å². The number of amides is 1. The number of carbonyl (C=O) groups is 1. The van der Waals surface area contributed by atoms with Crippen LogP contribution in [0.5, 0.6) is 0 Å². The minimum atomic E-state index is 0.0656. The molecule has 0 radical (unpaired) electrons. The summed E-state index contributed by atoms with van der Waals surface area (Å²) in [6, 6.07) is 16.8. The maximum absolute atomic E-state index is 12.0. The molecule has 2 aliphatic heterocycles. The fraction of sp³-hybridized carbons (Fsp3) is 0.391. The average Bonchev–Trinajstić information content (AvgIpc) is 2.80. The fourth-order valence-corrected chi connectivity index (χ4v) is 4.86. The van der Waals surface area contributed by atoms with Crippen LogP contribution in [-0.4, -0.2) is 50.1 Å². The molecule has 1 atom stereocenters. The van der Waals surface area contributed by atoms with Crippen molar-refractivity contribution in [3.63, 3.8) is 0 Å². The number of fused-ring (bicyclic) bond motifs is 1. The Morgan fingerprint density at radius 2 is 1.90 bits per heavy atom. The Morgan fingerprint density at radius 1 is 1.13 bits per heavy atom. The van der Waals surface area contributed by atoms with Crippen LogP contribution in [0, 0.1) is 0 Å². The molecule has 0 bridgehead atoms. The third-order valence-electron chi connectivity index (χ3n) is 5.62. The maximum Gasteiger partial charge on any atom is 0.225 e. The van der Waals surface area contributed by atoms with E-state index in [1.807, 2.05) is 30.0 Å². The molecule has 2 aliphatic rings. The minimum absolute atomic E-state index is 0.0656. The maximum atomic E-state index is 12.0. The molecule has 0 spiro atoms. The lowest BCUT2D eigenvalue weighted by molar-refractivity contribution is -0.116. The number of guanidine groups is 1. The largest absolute Gasteiger partial charge is 0.370 e. The van der Waals surface area contributed by atoms with Crippen LogP contribution in [0.15, 0.2) is 53.5 Å². The van der Waals surface area contributed by atoms with E-state index in [0.29, 0.717) is 19.5 Å². The standard InChI is InChI=1S/C23H29N5OS/c1-24-23(26-16-18-14-22(29)27-21-5-3-2-4-20(18)21)25-15-17-6-8-19(9-7-17)28-10-12-30-13-11-28/h2-9,18H,10-16H2,1H3,(H,27,29)(H2,24,25,26). The van der Waals surface area contributed by atoms with E-state index in [1.54, 1.807) is 7.05 Å². The van der Waals surface area contributed by atoms with Gasteiger partial charge in [-0.1, -0.05) is 30.3 Å². The van der Waals surface area contributed by atoms with Crippen LogP contribution < -0.4 is 20.9 Å². The summed E-state index contributed by atoms with van der Waals surface area (Å²) in [6.45, 7) is 3.62. The van der Waals surface area contributed by atoms with E-state index < -0.39 is 0 Å². The fourth-order valence-electron chi connectivity index (χ4n) is 3.96. The molecule has 1 saturated heterocycles. The first-order chi connectivity index (χ1) is 14.7. The third kappa shape index (κ3) is 5.08. The van der Waals surface area contributed by atoms with Gasteiger partial charge in [0.1, 0.15) is 0 Å². The molecule has 158 valence electrons. The summed E-state index contributed by atoms with van der Waals surface area (Å²) in [5.41, 5.74) is 4.61. The number of hydrogen-bond donors (Lipinski definition) is 3. The number of thioether (sulfide) groups is 1. The van der Waals surface area contributed by atoms with Gasteiger partial charge in [-0.15, -0.1) is 0 Å². The van der Waals surface area contributed by atoms with Crippen LogP contribution in [0.2, 0.25) is 0 Å². The monoisotopic (exact) mass is 423 g/mol. The molecule has 0 aromatic heterocycles. The quantitative estimate of drug-likeness (QED) is 0.510. The van der Waals surface area contributed by atoms with Crippen molar-refractivity contribution < 1.29 is 4.79 Å². The Balaban J connectivity index is 1.30. The lowest BCUT2D eigenvalue weighted by atomic mass is 9.90. The van der Waals surface area contributed by atoms with Gasteiger partial charge in [-0.25, -0.2) is 0 Å². The molecule has 2 heterocycles. The predicted octanol–water partition coefficient (Wildman–Crippen LogP) is 3.03. The number of para-hydroxylation sites is 1. The van der Waals surface area contributed by atoms with Gasteiger partial charge in [0, 0.05) is 68.4 Å². The van der Waals surface area contributed by atoms with Crippen molar-refractivity contribution in [2.24, 2.45) is 4.99 Å². The molecule has 4 rings (SSSR count). The average molecular weight is 424 g/mol. The second-order valence-electron chi connectivity index (χ2n) is 7.61. The number of hydrogen-bond acceptors (Lipinski definition) is 4. The molecule has 2 aromatic rings. The summed E-state index contributed by atoms with van der Waals surface area (Å²) in [7, 11) is 1.77. The first kappa shape index (κ1) is 20.6. The van der Waals surface area contributed by atoms with Crippen LogP contribution in [0.4, 0.5) is 11.4 Å². The first-order valence-corrected chi connectivity index (χ1v) is 11.6. The number of aliphatic imine (C=N–C) groups is 1. The summed E-state index contributed by atoms with van der Waals surface area (Å²) < 4.78 is 0. The van der Waals surface area contributed by atoms with Crippen LogP contribution in [-0.2, 0) is 11.3 Å². The Morgan fingerprint density at radius 3 is 2.67 bits per heavy atom. The van der Waals surface area contributed by atoms with Crippen LogP contribution in [0.3, 0.4) is 0 Å². The molecule has 0 aliphatic carbocycles. The van der Waals surface area contributed by atoms with Crippen LogP contribution in [0.1, 0.15) is 23.5 Å². The van der Waals surface area contributed by atoms with Crippen molar-refractivity contribution in [1.82, 2.24) is 10.6 Å². The lowest BCUT2D eigenvalue weighted by Gasteiger charge is -2.28. The van der Waals surface area contributed by atoms with Gasteiger partial charge in [-0.2, -0.15) is 11.8 Å². The smallest absolute Gasteiger partial charge is 0.225 e. The number of nitrogens with zero attached hydrogens (tertiary/aromatic N) is 2. The molecular weight excluding hydrogens is 394 g/mol. The molecule has 1 fully saturated rings. The summed E-state index contributed by atoms with van der Waals surface area (Å²) in [6.07, 6.45) is 0.484. The molecule has 3 N–H and O–H groups in total. The molecular formula is C23H29N5OS. The highest BCUT2D eigenvalue weighted by Gasteiger charge is 2.24. The normalized spacial score (nSPS) is 19.1. The van der Waals surface area contributed by atoms with Crippen molar-refractivity contribution in [1.29, 1.82) is 0 Å². The summed E-state index contributed by atoms with van der Waals surface area (Å²) in [5, 5.41) is 9.71. The first-order valence-electron chi connectivity index (χ1n) is 10.5. The Bertz CT molecular complexity index is 893. The van der Waals surface area contributed by atoms with Gasteiger partial charge in [-0.05, 0) is 29.3 Å². The predicted molar refractivity (Wildman–Crippen MR) is 127 cm³/mol. The molecule has 1 unspecified atom stereocenters. The number of rotatable bonds is 5. The summed E-state index contributed by atoms with van der Waals surface area (Å²) in [5.74, 6) is 3.36. The van der Waals surface area contributed by atoms with Gasteiger partial charge in [-0.3, -0.25) is 9.79 Å². The van der Waals surface area contributed by atoms with E-state index in [0.717, 1.165) is 24.7 Å². The molecule has 1 amide bonds. The Labute approximate surface area is 182 Å². The van der Waals surface area contributed by atoms with E-state index >= 15 is 0 Å². The summed E-state index contributed by atoms with van der Waals surface area (Å²) >= 11 is 2.03. The van der Waals surface area contributed by atoms with Crippen molar-refractivity contribution in [3.8, 4) is 0 Å². The Hall–Kier alpha value is -2.67. The molecule has 7 heteroatoms. The summed E-state index contributed by atoms with van der Waals surface area (Å²) in [4.78, 5) is 18.8. The van der Waals surface area contributed by atoms with Crippen molar-refractivity contribution in [2.75, 3.05) is 48.4 Å². The highest BCUT2D eigenvalue weighted by molar-refractivity contribution is 7.99. The third-order valence-corrected chi connectivity index (χ3v) is 6.56. The SMILES string of the molecule is CN=C(NCc1ccc(N2CCSCC2)cc1)NCC1CC(=O)Nc2ccccc21. The van der Waals surface area contributed by atoms with Gasteiger partial charge < -0.3 is 20.9 Å². The zero-order chi connectivity index (χ0) is 20.8. The molecule has 0 saturated carbocycles.